The minimum Gasteiger partial charge on any atom is -0.495 e. The summed E-state index contributed by atoms with van der Waals surface area (Å²) in [5.74, 6) is -1.67. The Morgan fingerprint density at radius 1 is 1.22 bits per heavy atom. The number of hydrogen-bond acceptors (Lipinski definition) is 8. The molecule has 0 saturated heterocycles. The van der Waals surface area contributed by atoms with Crippen LogP contribution in [-0.2, 0) is 32.1 Å². The van der Waals surface area contributed by atoms with Crippen molar-refractivity contribution in [1.29, 1.82) is 0 Å². The highest BCUT2D eigenvalue weighted by molar-refractivity contribution is 5.98. The van der Waals surface area contributed by atoms with Crippen LogP contribution < -0.4 is 9.47 Å². The number of methoxy groups -OCH3 is 1. The van der Waals surface area contributed by atoms with Crippen LogP contribution in [0.3, 0.4) is 0 Å². The molecule has 0 radical (unpaired) electrons. The fourth-order valence-corrected chi connectivity index (χ4v) is 7.39. The van der Waals surface area contributed by atoms with E-state index in [1.54, 1.807) is 13.8 Å². The van der Waals surface area contributed by atoms with Crippen LogP contribution in [0.4, 0.5) is 0 Å². The third kappa shape index (κ3) is 4.01. The molecule has 36 heavy (non-hydrogen) atoms. The van der Waals surface area contributed by atoms with E-state index in [2.05, 4.69) is 0 Å². The summed E-state index contributed by atoms with van der Waals surface area (Å²) in [7, 11) is 1.51. The highest BCUT2D eigenvalue weighted by Gasteiger charge is 2.64. The molecule has 0 bridgehead atoms. The van der Waals surface area contributed by atoms with Gasteiger partial charge in [-0.3, -0.25) is 9.59 Å². The second-order valence-electron chi connectivity index (χ2n) is 11.4. The number of aliphatic hydroxyl groups is 1. The summed E-state index contributed by atoms with van der Waals surface area (Å²) in [5, 5.41) is 20.9. The molecule has 0 spiro atoms. The molecule has 0 amide bonds. The maximum Gasteiger partial charge on any atom is 0.342 e. The molecular weight excluding hydrogens is 468 g/mol. The summed E-state index contributed by atoms with van der Waals surface area (Å²) < 4.78 is 23.6. The Morgan fingerprint density at radius 2 is 1.89 bits per heavy atom. The van der Waals surface area contributed by atoms with Gasteiger partial charge in [-0.1, -0.05) is 6.92 Å². The number of cyclic esters (lactones) is 1. The van der Waals surface area contributed by atoms with Crippen molar-refractivity contribution in [2.45, 2.75) is 91.1 Å². The SMILES string of the molecule is COc1c2c(c(C)c3c1C(=O)OC3)O[C@@]1(C)C[C@@H](OC(C)=O)[C@H](C(C)(C)O)[C@@](C)(CCC(=O)O)[C@@H]1C2. The second-order valence-corrected chi connectivity index (χ2v) is 11.4. The molecular formula is C27H36O9. The fourth-order valence-electron chi connectivity index (χ4n) is 7.39. The van der Waals surface area contributed by atoms with Crippen molar-refractivity contribution in [3.05, 3.63) is 22.3 Å². The standard InChI is InChI=1S/C27H36O9/c1-13-16-12-34-24(31)20(16)22(33-7)15-10-18-26(5,9-8-19(29)30)23(25(3,4)32)17(35-14(2)28)11-27(18,6)36-21(13)15/h17-18,23,32H,8-12H2,1-7H3,(H,29,30)/t17-,18+,23-,26+,27+/m1/s1. The molecule has 1 fully saturated rings. The van der Waals surface area contributed by atoms with Crippen LogP contribution in [0.2, 0.25) is 0 Å². The summed E-state index contributed by atoms with van der Waals surface area (Å²) in [6.45, 7) is 10.6. The van der Waals surface area contributed by atoms with Crippen LogP contribution in [0.25, 0.3) is 0 Å². The predicted octanol–water partition coefficient (Wildman–Crippen LogP) is 3.58. The van der Waals surface area contributed by atoms with E-state index in [1.807, 2.05) is 20.8 Å². The lowest BCUT2D eigenvalue weighted by Gasteiger charge is -2.62. The lowest BCUT2D eigenvalue weighted by atomic mass is 9.48. The number of carbonyl (C=O) groups is 3. The van der Waals surface area contributed by atoms with Crippen LogP contribution >= 0.6 is 0 Å². The van der Waals surface area contributed by atoms with E-state index in [0.29, 0.717) is 29.9 Å². The lowest BCUT2D eigenvalue weighted by molar-refractivity contribution is -0.223. The van der Waals surface area contributed by atoms with Gasteiger partial charge in [-0.05, 0) is 51.5 Å². The maximum absolute atomic E-state index is 12.6. The van der Waals surface area contributed by atoms with Gasteiger partial charge in [0.15, 0.2) is 0 Å². The monoisotopic (exact) mass is 504 g/mol. The molecule has 9 heteroatoms. The fraction of sp³-hybridized carbons (Fsp3) is 0.667. The van der Waals surface area contributed by atoms with Gasteiger partial charge in [-0.2, -0.15) is 0 Å². The Bertz CT molecular complexity index is 1120. The number of hydrogen-bond donors (Lipinski definition) is 2. The van der Waals surface area contributed by atoms with Crippen LogP contribution in [0.1, 0.15) is 80.9 Å². The largest absolute Gasteiger partial charge is 0.495 e. The number of carboxylic acid groups (broad SMARTS) is 1. The average molecular weight is 505 g/mol. The Balaban J connectivity index is 1.93. The molecule has 1 aliphatic carbocycles. The van der Waals surface area contributed by atoms with Gasteiger partial charge < -0.3 is 29.2 Å². The van der Waals surface area contributed by atoms with Gasteiger partial charge in [-0.15, -0.1) is 0 Å². The lowest BCUT2D eigenvalue weighted by Crippen LogP contribution is -2.66. The molecule has 0 aromatic heterocycles. The van der Waals surface area contributed by atoms with Gasteiger partial charge in [0.05, 0.1) is 12.7 Å². The van der Waals surface area contributed by atoms with Crippen molar-refractivity contribution < 1.29 is 43.5 Å². The first-order valence-electron chi connectivity index (χ1n) is 12.3. The zero-order chi connectivity index (χ0) is 26.8. The summed E-state index contributed by atoms with van der Waals surface area (Å²) in [6, 6.07) is 0. The van der Waals surface area contributed by atoms with E-state index in [4.69, 9.17) is 18.9 Å². The van der Waals surface area contributed by atoms with E-state index in [9.17, 15) is 24.6 Å². The van der Waals surface area contributed by atoms with Crippen molar-refractivity contribution in [3.63, 3.8) is 0 Å². The number of fused-ring (bicyclic) bond motifs is 3. The molecule has 2 N–H and O–H groups in total. The Labute approximate surface area is 211 Å². The number of esters is 2. The number of rotatable bonds is 6. The predicted molar refractivity (Wildman–Crippen MR) is 128 cm³/mol. The molecule has 0 unspecified atom stereocenters. The minimum atomic E-state index is -1.28. The van der Waals surface area contributed by atoms with E-state index in [-0.39, 0.29) is 25.4 Å². The zero-order valence-electron chi connectivity index (χ0n) is 22.0. The molecule has 5 atom stereocenters. The van der Waals surface area contributed by atoms with Crippen LogP contribution in [0.15, 0.2) is 0 Å². The highest BCUT2D eigenvalue weighted by atomic mass is 16.6. The number of benzene rings is 1. The first kappa shape index (κ1) is 26.3. The maximum atomic E-state index is 12.6. The van der Waals surface area contributed by atoms with Crippen LogP contribution in [0.5, 0.6) is 11.5 Å². The molecule has 198 valence electrons. The van der Waals surface area contributed by atoms with Crippen molar-refractivity contribution in [2.24, 2.45) is 17.3 Å². The summed E-state index contributed by atoms with van der Waals surface area (Å²) in [6.07, 6.45) is 0.184. The first-order chi connectivity index (χ1) is 16.6. The first-order valence-corrected chi connectivity index (χ1v) is 12.3. The number of carbonyl (C=O) groups excluding carboxylic acids is 2. The summed E-state index contributed by atoms with van der Waals surface area (Å²) in [5.41, 5.74) is -0.259. The van der Waals surface area contributed by atoms with Gasteiger partial charge in [0.25, 0.3) is 0 Å². The summed E-state index contributed by atoms with van der Waals surface area (Å²) >= 11 is 0. The molecule has 3 aliphatic rings. The van der Waals surface area contributed by atoms with E-state index in [0.717, 1.165) is 16.7 Å². The number of aliphatic carboxylic acids is 1. The number of ether oxygens (including phenoxy) is 4. The molecule has 1 saturated carbocycles. The van der Waals surface area contributed by atoms with Gasteiger partial charge in [-0.25, -0.2) is 4.79 Å². The quantitative estimate of drug-likeness (QED) is 0.559. The zero-order valence-corrected chi connectivity index (χ0v) is 22.0. The van der Waals surface area contributed by atoms with E-state index >= 15 is 0 Å². The van der Waals surface area contributed by atoms with Crippen molar-refractivity contribution in [2.75, 3.05) is 7.11 Å². The van der Waals surface area contributed by atoms with Crippen molar-refractivity contribution >= 4 is 17.9 Å². The van der Waals surface area contributed by atoms with Gasteiger partial charge in [0, 0.05) is 42.7 Å². The second kappa shape index (κ2) is 8.64. The third-order valence-corrected chi connectivity index (χ3v) is 8.55. The van der Waals surface area contributed by atoms with Crippen molar-refractivity contribution in [3.8, 4) is 11.5 Å². The topological polar surface area (TPSA) is 129 Å². The third-order valence-electron chi connectivity index (χ3n) is 8.55. The molecule has 2 aliphatic heterocycles. The van der Waals surface area contributed by atoms with Gasteiger partial charge in [0.2, 0.25) is 0 Å². The molecule has 1 aromatic carbocycles. The molecule has 9 nitrogen and oxygen atoms in total. The van der Waals surface area contributed by atoms with Crippen LogP contribution in [0, 0.1) is 24.2 Å². The van der Waals surface area contributed by atoms with E-state index in [1.165, 1.54) is 14.0 Å². The smallest absolute Gasteiger partial charge is 0.342 e. The normalized spacial score (nSPS) is 30.9. The summed E-state index contributed by atoms with van der Waals surface area (Å²) in [4.78, 5) is 36.4. The Hall–Kier alpha value is -2.81. The Kier molecular flexibility index (Phi) is 6.30. The van der Waals surface area contributed by atoms with Crippen LogP contribution in [-0.4, -0.2) is 52.5 Å². The highest BCUT2D eigenvalue weighted by Crippen LogP contribution is 2.62. The molecule has 2 heterocycles. The van der Waals surface area contributed by atoms with Gasteiger partial charge >= 0.3 is 17.9 Å². The van der Waals surface area contributed by atoms with E-state index < -0.39 is 46.5 Å². The average Bonchev–Trinajstić information content (AvgIpc) is 3.12. The minimum absolute atomic E-state index is 0.123. The van der Waals surface area contributed by atoms with Crippen molar-refractivity contribution in [1.82, 2.24) is 0 Å². The van der Waals surface area contributed by atoms with Gasteiger partial charge in [0.1, 0.15) is 35.4 Å². The molecule has 4 rings (SSSR count). The number of carboxylic acids is 1. The Morgan fingerprint density at radius 3 is 2.44 bits per heavy atom. The molecule has 1 aromatic rings.